The van der Waals surface area contributed by atoms with Crippen molar-refractivity contribution in [3.8, 4) is 17.9 Å². The van der Waals surface area contributed by atoms with Crippen molar-refractivity contribution in [2.45, 2.75) is 25.4 Å². The summed E-state index contributed by atoms with van der Waals surface area (Å²) in [4.78, 5) is 18.3. The Hall–Kier alpha value is -3.91. The van der Waals surface area contributed by atoms with Gasteiger partial charge in [0, 0.05) is 22.3 Å². The fourth-order valence-electron chi connectivity index (χ4n) is 2.93. The number of halogens is 3. The molecule has 164 valence electrons. The summed E-state index contributed by atoms with van der Waals surface area (Å²) in [6.07, 6.45) is -1.86. The zero-order valence-electron chi connectivity index (χ0n) is 16.4. The van der Waals surface area contributed by atoms with Crippen LogP contribution in [-0.2, 0) is 24.1 Å². The Morgan fingerprint density at radius 3 is 2.56 bits per heavy atom. The molecule has 32 heavy (non-hydrogen) atoms. The van der Waals surface area contributed by atoms with Crippen LogP contribution >= 0.6 is 0 Å². The first kappa shape index (κ1) is 21.3. The number of hydrogen-bond donors (Lipinski definition) is 0. The maximum absolute atomic E-state index is 12.6. The molecule has 0 radical (unpaired) electrons. The highest BCUT2D eigenvalue weighted by Gasteiger charge is 2.30. The van der Waals surface area contributed by atoms with E-state index in [-0.39, 0.29) is 31.1 Å². The molecule has 1 aliphatic heterocycles. The highest BCUT2D eigenvalue weighted by molar-refractivity contribution is 5.43. The molecule has 1 aliphatic rings. The maximum atomic E-state index is 12.6. The van der Waals surface area contributed by atoms with Gasteiger partial charge in [-0.15, -0.1) is 0 Å². The summed E-state index contributed by atoms with van der Waals surface area (Å²) in [7, 11) is 0. The first-order valence-electron chi connectivity index (χ1n) is 9.38. The molecule has 8 nitrogen and oxygen atoms in total. The van der Waals surface area contributed by atoms with Gasteiger partial charge in [0.05, 0.1) is 24.4 Å². The minimum atomic E-state index is -4.38. The third kappa shape index (κ3) is 5.04. The number of nitrogens with zero attached hydrogens (tertiary/aromatic N) is 4. The van der Waals surface area contributed by atoms with Crippen LogP contribution in [0.25, 0.3) is 0 Å². The van der Waals surface area contributed by atoms with Gasteiger partial charge in [0.25, 0.3) is 0 Å². The van der Waals surface area contributed by atoms with Crippen molar-refractivity contribution in [3.63, 3.8) is 0 Å². The number of ether oxygens (including phenoxy) is 2. The summed E-state index contributed by atoms with van der Waals surface area (Å²) in [6.45, 7) is 0.782. The van der Waals surface area contributed by atoms with E-state index in [0.717, 1.165) is 12.1 Å². The summed E-state index contributed by atoms with van der Waals surface area (Å²) >= 11 is 0. The number of imidazole rings is 1. The number of pyridine rings is 1. The fraction of sp³-hybridized carbons (Fsp3) is 0.238. The van der Waals surface area contributed by atoms with Gasteiger partial charge < -0.3 is 19.6 Å². The first-order valence-corrected chi connectivity index (χ1v) is 9.38. The van der Waals surface area contributed by atoms with Gasteiger partial charge in [0.15, 0.2) is 0 Å². The van der Waals surface area contributed by atoms with Crippen LogP contribution in [0.5, 0.6) is 6.01 Å². The molecule has 3 aromatic rings. The van der Waals surface area contributed by atoms with Crippen LogP contribution in [0.4, 0.5) is 19.0 Å². The van der Waals surface area contributed by atoms with Crippen molar-refractivity contribution in [2.75, 3.05) is 6.61 Å². The molecule has 0 saturated heterocycles. The van der Waals surface area contributed by atoms with Crippen molar-refractivity contribution in [2.24, 2.45) is 0 Å². The molecule has 2 aromatic heterocycles. The van der Waals surface area contributed by atoms with Crippen LogP contribution in [0, 0.1) is 22.0 Å². The number of nitro groups is 1. The molecule has 0 unspecified atom stereocenters. The third-order valence-electron chi connectivity index (χ3n) is 4.57. The fourth-order valence-corrected chi connectivity index (χ4v) is 2.93. The molecule has 0 amide bonds. The smallest absolute Gasteiger partial charge is 0.416 e. The summed E-state index contributed by atoms with van der Waals surface area (Å²) in [5.41, 5.74) is 0.985. The van der Waals surface area contributed by atoms with Gasteiger partial charge in [-0.05, 0) is 41.3 Å². The number of rotatable bonds is 4. The van der Waals surface area contributed by atoms with Gasteiger partial charge in [0.2, 0.25) is 0 Å². The van der Waals surface area contributed by atoms with Gasteiger partial charge in [-0.25, -0.2) is 0 Å². The molecule has 1 atom stereocenters. The summed E-state index contributed by atoms with van der Waals surface area (Å²) < 4.78 is 50.5. The maximum Gasteiger partial charge on any atom is 0.416 e. The number of alkyl halides is 3. The van der Waals surface area contributed by atoms with E-state index >= 15 is 0 Å². The zero-order chi connectivity index (χ0) is 22.7. The molecule has 0 spiro atoms. The third-order valence-corrected chi connectivity index (χ3v) is 4.57. The highest BCUT2D eigenvalue weighted by Crippen LogP contribution is 2.29. The highest BCUT2D eigenvalue weighted by atomic mass is 19.4. The van der Waals surface area contributed by atoms with E-state index in [4.69, 9.17) is 9.47 Å². The monoisotopic (exact) mass is 444 g/mol. The van der Waals surface area contributed by atoms with Crippen molar-refractivity contribution in [1.82, 2.24) is 14.5 Å². The van der Waals surface area contributed by atoms with Crippen molar-refractivity contribution >= 4 is 5.82 Å². The molecule has 0 saturated carbocycles. The zero-order valence-corrected chi connectivity index (χ0v) is 16.4. The molecule has 0 N–H and O–H groups in total. The van der Waals surface area contributed by atoms with Crippen LogP contribution < -0.4 is 4.74 Å². The van der Waals surface area contributed by atoms with Crippen molar-refractivity contribution in [1.29, 1.82) is 0 Å². The second-order valence-electron chi connectivity index (χ2n) is 6.90. The van der Waals surface area contributed by atoms with Crippen LogP contribution in [-0.4, -0.2) is 32.2 Å². The number of benzene rings is 1. The normalized spacial score (nSPS) is 15.3. The average molecular weight is 444 g/mol. The standard InChI is InChI=1S/C21H15F3N4O4/c22-21(23,24)16-6-3-14(4-7-16)1-2-15-5-8-17(25-9-15)12-31-18-10-27-11-19(28(29)30)26-20(27)32-13-18/h3-9,11,18H,10,12-13H2/t18-/m0/s1. The molecule has 0 bridgehead atoms. The molecule has 4 rings (SSSR count). The predicted octanol–water partition coefficient (Wildman–Crippen LogP) is 3.58. The lowest BCUT2D eigenvalue weighted by Crippen LogP contribution is -2.32. The topological polar surface area (TPSA) is 92.3 Å². The molecular formula is C21H15F3N4O4. The molecule has 1 aromatic carbocycles. The summed E-state index contributed by atoms with van der Waals surface area (Å²) in [6, 6.07) is 8.26. The van der Waals surface area contributed by atoms with Gasteiger partial charge >= 0.3 is 18.0 Å². The lowest BCUT2D eigenvalue weighted by molar-refractivity contribution is -0.389. The van der Waals surface area contributed by atoms with Crippen molar-refractivity contribution < 1.29 is 27.6 Å². The molecule has 0 aliphatic carbocycles. The summed E-state index contributed by atoms with van der Waals surface area (Å²) in [5.74, 6) is 5.37. The van der Waals surface area contributed by atoms with Crippen LogP contribution in [0.3, 0.4) is 0 Å². The minimum absolute atomic E-state index is 0.186. The van der Waals surface area contributed by atoms with E-state index in [1.165, 1.54) is 22.9 Å². The SMILES string of the molecule is O=[N+]([O-])c1cn2c(n1)OC[C@@H](OCc1ccc(C#Cc3ccc(C(F)(F)F)cc3)cn1)C2. The predicted molar refractivity (Wildman–Crippen MR) is 105 cm³/mol. The molecule has 0 fully saturated rings. The summed E-state index contributed by atoms with van der Waals surface area (Å²) in [5, 5.41) is 10.8. The van der Waals surface area contributed by atoms with Crippen LogP contribution in [0.15, 0.2) is 48.8 Å². The van der Waals surface area contributed by atoms with Gasteiger partial charge in [-0.2, -0.15) is 13.2 Å². The van der Waals surface area contributed by atoms with Crippen LogP contribution in [0.1, 0.15) is 22.4 Å². The Morgan fingerprint density at radius 1 is 1.19 bits per heavy atom. The Kier molecular flexibility index (Phi) is 5.79. The van der Waals surface area contributed by atoms with E-state index in [1.807, 2.05) is 0 Å². The second-order valence-corrected chi connectivity index (χ2v) is 6.90. The van der Waals surface area contributed by atoms with E-state index in [9.17, 15) is 23.3 Å². The number of fused-ring (bicyclic) bond motifs is 1. The Balaban J connectivity index is 1.32. The van der Waals surface area contributed by atoms with E-state index in [1.54, 1.807) is 18.3 Å². The van der Waals surface area contributed by atoms with Crippen molar-refractivity contribution in [3.05, 3.63) is 81.3 Å². The Labute approximate surface area is 179 Å². The second kappa shape index (κ2) is 8.68. The minimum Gasteiger partial charge on any atom is -0.443 e. The van der Waals surface area contributed by atoms with Crippen LogP contribution in [0.2, 0.25) is 0 Å². The number of hydrogen-bond acceptors (Lipinski definition) is 6. The van der Waals surface area contributed by atoms with E-state index in [2.05, 4.69) is 21.8 Å². The Morgan fingerprint density at radius 2 is 1.91 bits per heavy atom. The molecule has 11 heteroatoms. The molecule has 3 heterocycles. The first-order chi connectivity index (χ1) is 15.3. The van der Waals surface area contributed by atoms with Gasteiger partial charge in [-0.3, -0.25) is 9.55 Å². The quantitative estimate of drug-likeness (QED) is 0.347. The number of aromatic nitrogens is 3. The van der Waals surface area contributed by atoms with E-state index in [0.29, 0.717) is 23.4 Å². The van der Waals surface area contributed by atoms with Gasteiger partial charge in [-0.1, -0.05) is 11.8 Å². The van der Waals surface area contributed by atoms with Gasteiger partial charge in [0.1, 0.15) is 18.9 Å². The largest absolute Gasteiger partial charge is 0.443 e. The van der Waals surface area contributed by atoms with E-state index < -0.39 is 16.7 Å². The lowest BCUT2D eigenvalue weighted by atomic mass is 10.1. The lowest BCUT2D eigenvalue weighted by Gasteiger charge is -2.22. The average Bonchev–Trinajstić information content (AvgIpc) is 3.20. The molecular weight excluding hydrogens is 429 g/mol. The Bertz CT molecular complexity index is 1180.